The SMILES string of the molecule is O=C(NCC1CCC(Cl)C1)c1csc(Br)c1. The van der Waals surface area contributed by atoms with Crippen LogP contribution in [0.1, 0.15) is 29.6 Å². The summed E-state index contributed by atoms with van der Waals surface area (Å²) in [5.41, 5.74) is 0.734. The largest absolute Gasteiger partial charge is 0.352 e. The highest BCUT2D eigenvalue weighted by Crippen LogP contribution is 2.28. The minimum absolute atomic E-state index is 0.0139. The average Bonchev–Trinajstić information content (AvgIpc) is 2.84. The van der Waals surface area contributed by atoms with Crippen LogP contribution in [0.4, 0.5) is 0 Å². The van der Waals surface area contributed by atoms with Crippen LogP contribution in [0.25, 0.3) is 0 Å². The molecular weight excluding hydrogens is 310 g/mol. The highest BCUT2D eigenvalue weighted by atomic mass is 79.9. The van der Waals surface area contributed by atoms with Crippen LogP contribution < -0.4 is 5.32 Å². The van der Waals surface area contributed by atoms with E-state index in [0.29, 0.717) is 11.3 Å². The summed E-state index contributed by atoms with van der Waals surface area (Å²) >= 11 is 10.9. The van der Waals surface area contributed by atoms with Crippen molar-refractivity contribution in [1.29, 1.82) is 0 Å². The van der Waals surface area contributed by atoms with Crippen molar-refractivity contribution in [3.05, 3.63) is 20.8 Å². The molecule has 2 unspecified atom stereocenters. The fraction of sp³-hybridized carbons (Fsp3) is 0.545. The van der Waals surface area contributed by atoms with Crippen LogP contribution in [0.2, 0.25) is 0 Å². The number of rotatable bonds is 3. The molecule has 2 nitrogen and oxygen atoms in total. The van der Waals surface area contributed by atoms with Crippen molar-refractivity contribution in [2.24, 2.45) is 5.92 Å². The molecule has 0 radical (unpaired) electrons. The van der Waals surface area contributed by atoms with Crippen molar-refractivity contribution in [2.45, 2.75) is 24.6 Å². The molecular formula is C11H13BrClNOS. The van der Waals surface area contributed by atoms with Crippen LogP contribution in [0, 0.1) is 5.92 Å². The molecule has 1 saturated carbocycles. The van der Waals surface area contributed by atoms with Gasteiger partial charge in [-0.05, 0) is 47.2 Å². The molecule has 1 aliphatic carbocycles. The Hall–Kier alpha value is -0.0600. The standard InChI is InChI=1S/C11H13BrClNOS/c12-10-4-8(6-16-10)11(15)14-5-7-1-2-9(13)3-7/h4,6-7,9H,1-3,5H2,(H,14,15). The van der Waals surface area contributed by atoms with Crippen molar-refractivity contribution in [3.8, 4) is 0 Å². The molecule has 0 aliphatic heterocycles. The van der Waals surface area contributed by atoms with Crippen LogP contribution in [-0.4, -0.2) is 17.8 Å². The minimum atomic E-state index is 0.0139. The molecule has 0 bridgehead atoms. The zero-order valence-corrected chi connectivity index (χ0v) is 11.9. The van der Waals surface area contributed by atoms with Crippen molar-refractivity contribution in [1.82, 2.24) is 5.32 Å². The zero-order valence-electron chi connectivity index (χ0n) is 8.71. The summed E-state index contributed by atoms with van der Waals surface area (Å²) in [6.45, 7) is 0.746. The first kappa shape index (κ1) is 12.4. The van der Waals surface area contributed by atoms with E-state index in [0.717, 1.165) is 35.2 Å². The van der Waals surface area contributed by atoms with Gasteiger partial charge in [0.1, 0.15) is 0 Å². The second-order valence-electron chi connectivity index (χ2n) is 4.13. The van der Waals surface area contributed by atoms with E-state index in [1.165, 1.54) is 11.3 Å². The molecule has 1 fully saturated rings. The number of alkyl halides is 1. The molecule has 1 aromatic rings. The van der Waals surface area contributed by atoms with Crippen LogP contribution in [0.5, 0.6) is 0 Å². The lowest BCUT2D eigenvalue weighted by atomic mass is 10.1. The summed E-state index contributed by atoms with van der Waals surface area (Å²) < 4.78 is 0.985. The number of halogens is 2. The molecule has 0 spiro atoms. The van der Waals surface area contributed by atoms with Gasteiger partial charge < -0.3 is 5.32 Å². The number of carbonyl (C=O) groups excluding carboxylic acids is 1. The Morgan fingerprint density at radius 1 is 1.62 bits per heavy atom. The molecule has 0 saturated heterocycles. The monoisotopic (exact) mass is 321 g/mol. The quantitative estimate of drug-likeness (QED) is 0.846. The van der Waals surface area contributed by atoms with Crippen LogP contribution in [0.15, 0.2) is 15.2 Å². The Kier molecular flexibility index (Phi) is 4.27. The van der Waals surface area contributed by atoms with Gasteiger partial charge in [-0.2, -0.15) is 0 Å². The number of carbonyl (C=O) groups is 1. The van der Waals surface area contributed by atoms with E-state index in [-0.39, 0.29) is 5.91 Å². The van der Waals surface area contributed by atoms with E-state index in [1.54, 1.807) is 0 Å². The second kappa shape index (κ2) is 5.52. The Balaban J connectivity index is 1.80. The fourth-order valence-electron chi connectivity index (χ4n) is 1.97. The lowest BCUT2D eigenvalue weighted by Gasteiger charge is -2.09. The molecule has 16 heavy (non-hydrogen) atoms. The lowest BCUT2D eigenvalue weighted by Crippen LogP contribution is -2.28. The molecule has 2 rings (SSSR count). The summed E-state index contributed by atoms with van der Waals surface area (Å²) in [5.74, 6) is 0.563. The lowest BCUT2D eigenvalue weighted by molar-refractivity contribution is 0.0948. The van der Waals surface area contributed by atoms with E-state index in [9.17, 15) is 4.79 Å². The Bertz CT molecular complexity index is 382. The van der Waals surface area contributed by atoms with E-state index in [1.807, 2.05) is 11.4 Å². The third-order valence-corrected chi connectivity index (χ3v) is 4.76. The Labute approximate surface area is 113 Å². The predicted octanol–water partition coefficient (Wildman–Crippen LogP) is 3.65. The van der Waals surface area contributed by atoms with Gasteiger partial charge in [0.05, 0.1) is 9.35 Å². The molecule has 0 aromatic carbocycles. The van der Waals surface area contributed by atoms with Crippen LogP contribution in [-0.2, 0) is 0 Å². The maximum Gasteiger partial charge on any atom is 0.252 e. The number of hydrogen-bond acceptors (Lipinski definition) is 2. The van der Waals surface area contributed by atoms with Crippen molar-refractivity contribution >= 4 is 44.8 Å². The number of hydrogen-bond donors (Lipinski definition) is 1. The second-order valence-corrected chi connectivity index (χ2v) is 7.03. The first-order valence-corrected chi connectivity index (χ1v) is 7.42. The highest BCUT2D eigenvalue weighted by molar-refractivity contribution is 9.11. The van der Waals surface area contributed by atoms with E-state index >= 15 is 0 Å². The number of amides is 1. The molecule has 88 valence electrons. The first-order valence-electron chi connectivity index (χ1n) is 5.31. The van der Waals surface area contributed by atoms with Gasteiger partial charge >= 0.3 is 0 Å². The smallest absolute Gasteiger partial charge is 0.252 e. The van der Waals surface area contributed by atoms with E-state index in [4.69, 9.17) is 11.6 Å². The van der Waals surface area contributed by atoms with Gasteiger partial charge in [0.25, 0.3) is 5.91 Å². The highest BCUT2D eigenvalue weighted by Gasteiger charge is 2.23. The fourth-order valence-corrected chi connectivity index (χ4v) is 3.48. The molecule has 1 aliphatic rings. The number of thiophene rings is 1. The summed E-state index contributed by atoms with van der Waals surface area (Å²) in [6, 6.07) is 1.85. The normalized spacial score (nSPS) is 24.6. The summed E-state index contributed by atoms with van der Waals surface area (Å²) in [4.78, 5) is 11.7. The van der Waals surface area contributed by atoms with Gasteiger partial charge in [0.2, 0.25) is 0 Å². The van der Waals surface area contributed by atoms with Crippen LogP contribution >= 0.6 is 38.9 Å². The van der Waals surface area contributed by atoms with Gasteiger partial charge in [0, 0.05) is 17.3 Å². The van der Waals surface area contributed by atoms with E-state index < -0.39 is 0 Å². The maximum absolute atomic E-state index is 11.7. The van der Waals surface area contributed by atoms with Gasteiger partial charge in [-0.15, -0.1) is 22.9 Å². The van der Waals surface area contributed by atoms with Gasteiger partial charge in [-0.3, -0.25) is 4.79 Å². The summed E-state index contributed by atoms with van der Waals surface area (Å²) in [6.07, 6.45) is 3.23. The zero-order chi connectivity index (χ0) is 11.5. The molecule has 1 heterocycles. The minimum Gasteiger partial charge on any atom is -0.352 e. The third kappa shape index (κ3) is 3.22. The molecule has 1 amide bonds. The Morgan fingerprint density at radius 3 is 3.00 bits per heavy atom. The molecule has 1 aromatic heterocycles. The van der Waals surface area contributed by atoms with E-state index in [2.05, 4.69) is 21.2 Å². The van der Waals surface area contributed by atoms with Crippen molar-refractivity contribution in [3.63, 3.8) is 0 Å². The first-order chi connectivity index (χ1) is 7.65. The third-order valence-electron chi connectivity index (χ3n) is 2.86. The molecule has 1 N–H and O–H groups in total. The maximum atomic E-state index is 11.7. The predicted molar refractivity (Wildman–Crippen MR) is 71.3 cm³/mol. The van der Waals surface area contributed by atoms with Gasteiger partial charge in [-0.25, -0.2) is 0 Å². The van der Waals surface area contributed by atoms with Gasteiger partial charge in [-0.1, -0.05) is 0 Å². The topological polar surface area (TPSA) is 29.1 Å². The molecule has 2 atom stereocenters. The Morgan fingerprint density at radius 2 is 2.44 bits per heavy atom. The summed E-state index contributed by atoms with van der Waals surface area (Å²) in [7, 11) is 0. The molecule has 5 heteroatoms. The van der Waals surface area contributed by atoms with Gasteiger partial charge in [0.15, 0.2) is 0 Å². The van der Waals surface area contributed by atoms with Crippen LogP contribution in [0.3, 0.4) is 0 Å². The summed E-state index contributed by atoms with van der Waals surface area (Å²) in [5, 5.41) is 5.13. The van der Waals surface area contributed by atoms with Crippen molar-refractivity contribution in [2.75, 3.05) is 6.54 Å². The van der Waals surface area contributed by atoms with Crippen molar-refractivity contribution < 1.29 is 4.79 Å². The number of nitrogens with one attached hydrogen (secondary N) is 1. The average molecular weight is 323 g/mol.